The average molecular weight is 344 g/mol. The molecule has 8 heteroatoms. The van der Waals surface area contributed by atoms with Gasteiger partial charge in [-0.1, -0.05) is 0 Å². The van der Waals surface area contributed by atoms with Crippen LogP contribution in [-0.4, -0.2) is 50.2 Å². The van der Waals surface area contributed by atoms with Crippen LogP contribution in [0.15, 0.2) is 11.0 Å². The molecule has 1 aliphatic carbocycles. The molecule has 1 saturated heterocycles. The van der Waals surface area contributed by atoms with Crippen molar-refractivity contribution in [2.45, 2.75) is 32.2 Å². The summed E-state index contributed by atoms with van der Waals surface area (Å²) in [6.45, 7) is 2.99. The van der Waals surface area contributed by atoms with E-state index in [0.717, 1.165) is 25.9 Å². The highest BCUT2D eigenvalue weighted by molar-refractivity contribution is 5.79. The van der Waals surface area contributed by atoms with Gasteiger partial charge in [-0.25, -0.2) is 4.98 Å². The Labute approximate surface area is 145 Å². The first-order valence-electron chi connectivity index (χ1n) is 9.01. The smallest absolute Gasteiger partial charge is 0.262 e. The number of hydrogen-bond acceptors (Lipinski definition) is 5. The van der Waals surface area contributed by atoms with E-state index in [-0.39, 0.29) is 17.4 Å². The summed E-state index contributed by atoms with van der Waals surface area (Å²) in [5.41, 5.74) is 0.429. The Morgan fingerprint density at radius 3 is 3.04 bits per heavy atom. The van der Waals surface area contributed by atoms with Gasteiger partial charge < -0.3 is 10.3 Å². The second kappa shape index (κ2) is 6.59. The number of amides is 1. The van der Waals surface area contributed by atoms with Crippen LogP contribution in [0.4, 0.5) is 0 Å². The Morgan fingerprint density at radius 1 is 1.40 bits per heavy atom. The Hall–Kier alpha value is -2.22. The molecule has 134 valence electrons. The molecular formula is C17H24N6O2. The third-order valence-corrected chi connectivity index (χ3v) is 5.16. The number of likely N-dealkylation sites (tertiary alicyclic amines) is 1. The lowest BCUT2D eigenvalue weighted by atomic mass is 9.97. The fourth-order valence-electron chi connectivity index (χ4n) is 3.49. The van der Waals surface area contributed by atoms with Crippen LogP contribution in [-0.2, 0) is 18.4 Å². The lowest BCUT2D eigenvalue weighted by Gasteiger charge is -2.31. The highest BCUT2D eigenvalue weighted by Crippen LogP contribution is 2.28. The zero-order valence-corrected chi connectivity index (χ0v) is 14.5. The van der Waals surface area contributed by atoms with Crippen LogP contribution >= 0.6 is 0 Å². The molecule has 25 heavy (non-hydrogen) atoms. The van der Waals surface area contributed by atoms with E-state index in [1.807, 2.05) is 0 Å². The van der Waals surface area contributed by atoms with Crippen molar-refractivity contribution in [1.29, 1.82) is 0 Å². The van der Waals surface area contributed by atoms with Gasteiger partial charge in [0.25, 0.3) is 5.56 Å². The maximum Gasteiger partial charge on any atom is 0.262 e. The maximum atomic E-state index is 12.3. The molecule has 0 bridgehead atoms. The van der Waals surface area contributed by atoms with Crippen molar-refractivity contribution in [3.8, 4) is 0 Å². The van der Waals surface area contributed by atoms with Crippen LogP contribution in [0.2, 0.25) is 0 Å². The molecule has 1 saturated carbocycles. The van der Waals surface area contributed by atoms with Gasteiger partial charge in [-0.3, -0.25) is 19.2 Å². The molecule has 2 aromatic heterocycles. The summed E-state index contributed by atoms with van der Waals surface area (Å²) < 4.78 is 1.61. The minimum Gasteiger partial charge on any atom is -0.356 e. The third-order valence-electron chi connectivity index (χ3n) is 5.16. The third kappa shape index (κ3) is 3.58. The normalized spacial score (nSPS) is 21.6. The number of nitrogens with one attached hydrogen (secondary N) is 2. The number of nitrogens with zero attached hydrogens (tertiary/aromatic N) is 4. The lowest BCUT2D eigenvalue weighted by Crippen LogP contribution is -2.43. The molecule has 2 fully saturated rings. The largest absolute Gasteiger partial charge is 0.356 e. The van der Waals surface area contributed by atoms with Gasteiger partial charge in [0.15, 0.2) is 5.65 Å². The molecule has 2 aromatic rings. The van der Waals surface area contributed by atoms with Gasteiger partial charge >= 0.3 is 0 Å². The first kappa shape index (κ1) is 16.3. The van der Waals surface area contributed by atoms with Crippen molar-refractivity contribution in [3.05, 3.63) is 22.4 Å². The van der Waals surface area contributed by atoms with E-state index in [4.69, 9.17) is 0 Å². The number of hydrogen-bond donors (Lipinski definition) is 2. The van der Waals surface area contributed by atoms with E-state index in [9.17, 15) is 9.59 Å². The van der Waals surface area contributed by atoms with E-state index >= 15 is 0 Å². The number of carbonyl (C=O) groups excluding carboxylic acids is 1. The van der Waals surface area contributed by atoms with Crippen molar-refractivity contribution >= 4 is 16.9 Å². The standard InChI is InChI=1S/C17H24N6O2/c1-22-15-13(8-19-22)17(25)21-14(20-15)10-23-6-2-3-12(9-23)16(24)18-7-11-4-5-11/h8,11-12H,2-7,9-10H2,1H3,(H,18,24)(H,20,21,25)/t12-/m0/s1. The molecule has 4 rings (SSSR count). The minimum atomic E-state index is -0.163. The van der Waals surface area contributed by atoms with Gasteiger partial charge in [-0.15, -0.1) is 0 Å². The molecule has 1 amide bonds. The molecule has 2 aliphatic rings. The number of aryl methyl sites for hydroxylation is 1. The van der Waals surface area contributed by atoms with Crippen molar-refractivity contribution in [2.24, 2.45) is 18.9 Å². The van der Waals surface area contributed by atoms with Crippen LogP contribution in [0.3, 0.4) is 0 Å². The quantitative estimate of drug-likeness (QED) is 0.818. The summed E-state index contributed by atoms with van der Waals surface area (Å²) in [6.07, 6.45) is 5.93. The van der Waals surface area contributed by atoms with Crippen molar-refractivity contribution in [3.63, 3.8) is 0 Å². The first-order valence-corrected chi connectivity index (χ1v) is 9.01. The van der Waals surface area contributed by atoms with Gasteiger partial charge in [0.2, 0.25) is 5.91 Å². The second-order valence-corrected chi connectivity index (χ2v) is 7.28. The number of aromatic nitrogens is 4. The highest BCUT2D eigenvalue weighted by atomic mass is 16.2. The topological polar surface area (TPSA) is 95.9 Å². The number of rotatable bonds is 5. The summed E-state index contributed by atoms with van der Waals surface area (Å²) in [5.74, 6) is 1.52. The van der Waals surface area contributed by atoms with E-state index in [0.29, 0.717) is 35.9 Å². The van der Waals surface area contributed by atoms with Gasteiger partial charge in [0.05, 0.1) is 18.7 Å². The molecule has 2 N–H and O–H groups in total. The zero-order valence-electron chi connectivity index (χ0n) is 14.5. The molecule has 0 aromatic carbocycles. The highest BCUT2D eigenvalue weighted by Gasteiger charge is 2.28. The van der Waals surface area contributed by atoms with Crippen LogP contribution in [0.1, 0.15) is 31.5 Å². The summed E-state index contributed by atoms with van der Waals surface area (Å²) in [6, 6.07) is 0. The second-order valence-electron chi connectivity index (χ2n) is 7.28. The summed E-state index contributed by atoms with van der Waals surface area (Å²) >= 11 is 0. The first-order chi connectivity index (χ1) is 12.1. The molecule has 0 unspecified atom stereocenters. The molecule has 3 heterocycles. The lowest BCUT2D eigenvalue weighted by molar-refractivity contribution is -0.126. The number of fused-ring (bicyclic) bond motifs is 1. The SMILES string of the molecule is Cn1ncc2c(=O)[nH]c(CN3CCC[C@H](C(=O)NCC4CC4)C3)nc21. The molecule has 8 nitrogen and oxygen atoms in total. The Morgan fingerprint density at radius 2 is 2.24 bits per heavy atom. The predicted octanol–water partition coefficient (Wildman–Crippen LogP) is 0.395. The van der Waals surface area contributed by atoms with Crippen molar-refractivity contribution in [2.75, 3.05) is 19.6 Å². The zero-order chi connectivity index (χ0) is 17.4. The molecular weight excluding hydrogens is 320 g/mol. The number of carbonyl (C=O) groups is 1. The summed E-state index contributed by atoms with van der Waals surface area (Å²) in [7, 11) is 1.78. The van der Waals surface area contributed by atoms with Crippen molar-refractivity contribution in [1.82, 2.24) is 30.0 Å². The number of H-pyrrole nitrogens is 1. The summed E-state index contributed by atoms with van der Waals surface area (Å²) in [5, 5.41) is 7.67. The van der Waals surface area contributed by atoms with Gasteiger partial charge in [0.1, 0.15) is 11.2 Å². The molecule has 1 atom stereocenters. The van der Waals surface area contributed by atoms with E-state index in [2.05, 4.69) is 25.3 Å². The van der Waals surface area contributed by atoms with Gasteiger partial charge in [-0.2, -0.15) is 5.10 Å². The predicted molar refractivity (Wildman–Crippen MR) is 92.9 cm³/mol. The fraction of sp³-hybridized carbons (Fsp3) is 0.647. The Kier molecular flexibility index (Phi) is 4.29. The molecule has 0 spiro atoms. The van der Waals surface area contributed by atoms with Gasteiger partial charge in [0, 0.05) is 20.1 Å². The number of piperidine rings is 1. The van der Waals surface area contributed by atoms with Crippen LogP contribution in [0, 0.1) is 11.8 Å². The maximum absolute atomic E-state index is 12.3. The monoisotopic (exact) mass is 344 g/mol. The van der Waals surface area contributed by atoms with E-state index in [1.165, 1.54) is 19.0 Å². The minimum absolute atomic E-state index is 0.0275. The van der Waals surface area contributed by atoms with Gasteiger partial charge in [-0.05, 0) is 38.1 Å². The van der Waals surface area contributed by atoms with Crippen LogP contribution in [0.25, 0.3) is 11.0 Å². The number of aromatic amines is 1. The average Bonchev–Trinajstić information content (AvgIpc) is 3.36. The van der Waals surface area contributed by atoms with Crippen LogP contribution in [0.5, 0.6) is 0 Å². The fourth-order valence-corrected chi connectivity index (χ4v) is 3.49. The van der Waals surface area contributed by atoms with Crippen LogP contribution < -0.4 is 10.9 Å². The van der Waals surface area contributed by atoms with E-state index in [1.54, 1.807) is 11.7 Å². The Bertz CT molecular complexity index is 837. The van der Waals surface area contributed by atoms with Crippen molar-refractivity contribution < 1.29 is 4.79 Å². The Balaban J connectivity index is 1.42. The molecule has 0 radical (unpaired) electrons. The van der Waals surface area contributed by atoms with E-state index < -0.39 is 0 Å². The summed E-state index contributed by atoms with van der Waals surface area (Å²) in [4.78, 5) is 34.1. The molecule has 1 aliphatic heterocycles.